The van der Waals surface area contributed by atoms with Crippen molar-refractivity contribution in [2.45, 2.75) is 58.3 Å². The predicted molar refractivity (Wildman–Crippen MR) is 77.0 cm³/mol. The van der Waals surface area contributed by atoms with Crippen LogP contribution in [0.5, 0.6) is 0 Å². The van der Waals surface area contributed by atoms with Crippen LogP contribution in [0.3, 0.4) is 0 Å². The molecular weight excluding hydrogens is 279 g/mol. The van der Waals surface area contributed by atoms with E-state index in [-0.39, 0.29) is 18.5 Å². The summed E-state index contributed by atoms with van der Waals surface area (Å²) in [6.07, 6.45) is -1.25. The van der Waals surface area contributed by atoms with Crippen LogP contribution >= 0.6 is 0 Å². The van der Waals surface area contributed by atoms with Crippen LogP contribution in [0.25, 0.3) is 0 Å². The number of nitrogens with zero attached hydrogens (tertiary/aromatic N) is 1. The van der Waals surface area contributed by atoms with Gasteiger partial charge >= 0.3 is 7.12 Å². The monoisotopic (exact) mass is 299 g/mol. The largest absolute Gasteiger partial charge is 0.496 e. The predicted octanol–water partition coefficient (Wildman–Crippen LogP) is 1.80. The Morgan fingerprint density at radius 1 is 1.19 bits per heavy atom. The van der Waals surface area contributed by atoms with E-state index < -0.39 is 24.7 Å². The molecule has 0 aliphatic carbocycles. The highest BCUT2D eigenvalue weighted by atomic mass is 19.3. The molecule has 0 N–H and O–H groups in total. The molecule has 0 spiro atoms. The molecular formula is C14H20BF2NO3. The zero-order valence-corrected chi connectivity index (χ0v) is 12.7. The number of halogens is 2. The number of hydrogen-bond acceptors (Lipinski definition) is 3. The number of rotatable bonds is 4. The van der Waals surface area contributed by atoms with Gasteiger partial charge in [0.05, 0.1) is 11.2 Å². The van der Waals surface area contributed by atoms with Crippen molar-refractivity contribution in [2.24, 2.45) is 0 Å². The van der Waals surface area contributed by atoms with Crippen LogP contribution in [-0.2, 0) is 15.9 Å². The van der Waals surface area contributed by atoms with Gasteiger partial charge in [-0.15, -0.1) is 0 Å². The number of hydrogen-bond donors (Lipinski definition) is 0. The fraction of sp³-hybridized carbons (Fsp3) is 0.643. The van der Waals surface area contributed by atoms with E-state index in [1.807, 2.05) is 27.7 Å². The van der Waals surface area contributed by atoms with Gasteiger partial charge in [0, 0.05) is 25.2 Å². The van der Waals surface area contributed by atoms with Gasteiger partial charge in [-0.2, -0.15) is 0 Å². The third-order valence-electron chi connectivity index (χ3n) is 4.12. The lowest BCUT2D eigenvalue weighted by atomic mass is 9.80. The summed E-state index contributed by atoms with van der Waals surface area (Å²) in [4.78, 5) is 11.7. The van der Waals surface area contributed by atoms with Gasteiger partial charge in [-0.1, -0.05) is 6.07 Å². The number of alkyl halides is 2. The Morgan fingerprint density at radius 2 is 1.76 bits per heavy atom. The Hall–Kier alpha value is -1.21. The van der Waals surface area contributed by atoms with Gasteiger partial charge in [-0.3, -0.25) is 4.79 Å². The average molecular weight is 299 g/mol. The highest BCUT2D eigenvalue weighted by molar-refractivity contribution is 6.62. The molecule has 7 heteroatoms. The summed E-state index contributed by atoms with van der Waals surface area (Å²) >= 11 is 0. The molecule has 0 aromatic carbocycles. The van der Waals surface area contributed by atoms with E-state index in [0.717, 1.165) is 0 Å². The Labute approximate surface area is 123 Å². The summed E-state index contributed by atoms with van der Waals surface area (Å²) in [7, 11) is -0.603. The summed E-state index contributed by atoms with van der Waals surface area (Å²) in [5, 5.41) is 0. The lowest BCUT2D eigenvalue weighted by Crippen LogP contribution is -2.41. The van der Waals surface area contributed by atoms with Gasteiger partial charge in [0.2, 0.25) is 12.0 Å². The van der Waals surface area contributed by atoms with E-state index in [4.69, 9.17) is 9.31 Å². The normalized spacial score (nSPS) is 20.2. The maximum atomic E-state index is 12.3. The maximum Gasteiger partial charge on any atom is 0.496 e. The van der Waals surface area contributed by atoms with E-state index in [9.17, 15) is 13.6 Å². The first-order valence-electron chi connectivity index (χ1n) is 6.96. The molecule has 0 amide bonds. The van der Waals surface area contributed by atoms with Crippen molar-refractivity contribution in [3.63, 3.8) is 0 Å². The molecule has 2 rings (SSSR count). The van der Waals surface area contributed by atoms with E-state index >= 15 is 0 Å². The molecule has 0 saturated carbocycles. The maximum absolute atomic E-state index is 12.3. The van der Waals surface area contributed by atoms with Crippen molar-refractivity contribution in [3.8, 4) is 0 Å². The zero-order chi connectivity index (χ0) is 15.8. The van der Waals surface area contributed by atoms with Gasteiger partial charge in [-0.25, -0.2) is 8.78 Å². The van der Waals surface area contributed by atoms with Crippen LogP contribution in [0, 0.1) is 0 Å². The molecule has 1 aromatic heterocycles. The summed E-state index contributed by atoms with van der Waals surface area (Å²) in [6.45, 7) is 7.70. The van der Waals surface area contributed by atoms with Gasteiger partial charge in [0.25, 0.3) is 0 Å². The molecule has 0 atom stereocenters. The molecule has 4 nitrogen and oxygen atoms in total. The molecule has 1 aliphatic rings. The third-order valence-corrected chi connectivity index (χ3v) is 4.12. The molecule has 0 unspecified atom stereocenters. The fourth-order valence-corrected chi connectivity index (χ4v) is 2.08. The molecule has 1 aliphatic heterocycles. The van der Waals surface area contributed by atoms with E-state index in [1.54, 1.807) is 6.07 Å². The highest BCUT2D eigenvalue weighted by Gasteiger charge is 2.51. The molecule has 116 valence electrons. The standard InChI is InChI=1S/C14H20BF2NO3/c1-13(2)14(3,4)21-15(20-13)10-5-6-12(19)18(9-10)8-7-11(16)17/h5-6,9,11H,7-8H2,1-4H3. The Kier molecular flexibility index (Phi) is 4.26. The summed E-state index contributed by atoms with van der Waals surface area (Å²) in [6, 6.07) is 2.97. The summed E-state index contributed by atoms with van der Waals surface area (Å²) in [5.41, 5.74) is -0.623. The second kappa shape index (κ2) is 5.53. The SMILES string of the molecule is CC1(C)OB(c2ccc(=O)n(CCC(F)F)c2)OC1(C)C. The first-order chi connectivity index (χ1) is 9.62. The minimum absolute atomic E-state index is 0.0240. The number of aromatic nitrogens is 1. The molecule has 21 heavy (non-hydrogen) atoms. The van der Waals surface area contributed by atoms with Crippen molar-refractivity contribution in [1.82, 2.24) is 4.57 Å². The average Bonchev–Trinajstić information content (AvgIpc) is 2.57. The van der Waals surface area contributed by atoms with E-state index in [2.05, 4.69) is 0 Å². The first kappa shape index (κ1) is 16.2. The van der Waals surface area contributed by atoms with Crippen LogP contribution in [0.1, 0.15) is 34.1 Å². The Morgan fingerprint density at radius 3 is 2.29 bits per heavy atom. The van der Waals surface area contributed by atoms with Crippen molar-refractivity contribution < 1.29 is 18.1 Å². The fourth-order valence-electron chi connectivity index (χ4n) is 2.08. The highest BCUT2D eigenvalue weighted by Crippen LogP contribution is 2.36. The number of pyridine rings is 1. The van der Waals surface area contributed by atoms with Gasteiger partial charge in [-0.05, 0) is 33.2 Å². The van der Waals surface area contributed by atoms with Crippen LogP contribution in [0.2, 0.25) is 0 Å². The molecule has 1 saturated heterocycles. The minimum atomic E-state index is -2.43. The quantitative estimate of drug-likeness (QED) is 0.796. The van der Waals surface area contributed by atoms with Crippen molar-refractivity contribution in [3.05, 3.63) is 28.7 Å². The van der Waals surface area contributed by atoms with Crippen LogP contribution in [0.4, 0.5) is 8.78 Å². The lowest BCUT2D eigenvalue weighted by Gasteiger charge is -2.32. The van der Waals surface area contributed by atoms with Gasteiger partial charge in [0.1, 0.15) is 0 Å². The van der Waals surface area contributed by atoms with Crippen molar-refractivity contribution >= 4 is 12.6 Å². The third kappa shape index (κ3) is 3.35. The first-order valence-corrected chi connectivity index (χ1v) is 6.96. The Balaban J connectivity index is 2.22. The molecule has 1 fully saturated rings. The second-order valence-electron chi connectivity index (χ2n) is 6.26. The zero-order valence-electron chi connectivity index (χ0n) is 12.7. The van der Waals surface area contributed by atoms with Crippen molar-refractivity contribution in [1.29, 1.82) is 0 Å². The lowest BCUT2D eigenvalue weighted by molar-refractivity contribution is 0.00578. The number of aryl methyl sites for hydroxylation is 1. The molecule has 0 bridgehead atoms. The van der Waals surface area contributed by atoms with Crippen LogP contribution < -0.4 is 11.0 Å². The molecule has 1 aromatic rings. The van der Waals surface area contributed by atoms with Gasteiger partial charge in [0.15, 0.2) is 0 Å². The van der Waals surface area contributed by atoms with Crippen molar-refractivity contribution in [2.75, 3.05) is 0 Å². The summed E-state index contributed by atoms with van der Waals surface area (Å²) in [5.74, 6) is 0. The summed E-state index contributed by atoms with van der Waals surface area (Å²) < 4.78 is 37.6. The van der Waals surface area contributed by atoms with Gasteiger partial charge < -0.3 is 13.9 Å². The molecule has 0 radical (unpaired) electrons. The topological polar surface area (TPSA) is 40.5 Å². The minimum Gasteiger partial charge on any atom is -0.399 e. The molecule has 2 heterocycles. The smallest absolute Gasteiger partial charge is 0.399 e. The van der Waals surface area contributed by atoms with E-state index in [1.165, 1.54) is 16.8 Å². The Bertz CT molecular complexity index is 556. The second-order valence-corrected chi connectivity index (χ2v) is 6.26. The van der Waals surface area contributed by atoms with Crippen LogP contribution in [-0.4, -0.2) is 29.3 Å². The van der Waals surface area contributed by atoms with E-state index in [0.29, 0.717) is 5.46 Å². The van der Waals surface area contributed by atoms with Crippen LogP contribution in [0.15, 0.2) is 23.1 Å².